The van der Waals surface area contributed by atoms with Gasteiger partial charge in [-0.1, -0.05) is 11.6 Å². The summed E-state index contributed by atoms with van der Waals surface area (Å²) in [6, 6.07) is 10.5. The van der Waals surface area contributed by atoms with E-state index < -0.39 is 5.91 Å². The van der Waals surface area contributed by atoms with E-state index in [2.05, 4.69) is 25.6 Å². The van der Waals surface area contributed by atoms with Crippen molar-refractivity contribution in [3.8, 4) is 0 Å². The molecular formula is C16H12ClN5O2. The zero-order valence-corrected chi connectivity index (χ0v) is 13.0. The molecule has 0 aliphatic carbocycles. The number of aromatic amines is 1. The summed E-state index contributed by atoms with van der Waals surface area (Å²) in [6.07, 6.45) is 3.90. The van der Waals surface area contributed by atoms with E-state index >= 15 is 0 Å². The first-order valence-electron chi connectivity index (χ1n) is 6.95. The fourth-order valence-corrected chi connectivity index (χ4v) is 2.05. The van der Waals surface area contributed by atoms with E-state index in [4.69, 9.17) is 11.6 Å². The second-order valence-electron chi connectivity index (χ2n) is 4.78. The second kappa shape index (κ2) is 6.93. The molecule has 0 unspecified atom stereocenters. The van der Waals surface area contributed by atoms with E-state index in [1.54, 1.807) is 42.6 Å². The van der Waals surface area contributed by atoms with Crippen LogP contribution in [-0.4, -0.2) is 20.9 Å². The zero-order chi connectivity index (χ0) is 16.9. The molecule has 3 aromatic rings. The first-order valence-corrected chi connectivity index (χ1v) is 7.33. The quantitative estimate of drug-likeness (QED) is 0.677. The minimum absolute atomic E-state index is 0.0934. The maximum absolute atomic E-state index is 12.2. The fraction of sp³-hybridized carbons (Fsp3) is 0. The van der Waals surface area contributed by atoms with Crippen LogP contribution in [0.4, 0.5) is 17.2 Å². The summed E-state index contributed by atoms with van der Waals surface area (Å²) in [5.41, 5.74) is 0.968. The van der Waals surface area contributed by atoms with Crippen molar-refractivity contribution < 1.29 is 4.79 Å². The summed E-state index contributed by atoms with van der Waals surface area (Å²) in [5.74, 6) is 0.0102. The number of pyridine rings is 1. The number of nitrogens with one attached hydrogen (secondary N) is 3. The highest BCUT2D eigenvalue weighted by Gasteiger charge is 2.11. The molecule has 0 spiro atoms. The van der Waals surface area contributed by atoms with Crippen molar-refractivity contribution in [2.75, 3.05) is 10.6 Å². The van der Waals surface area contributed by atoms with Gasteiger partial charge in [-0.2, -0.15) is 0 Å². The van der Waals surface area contributed by atoms with Gasteiger partial charge in [0.05, 0.1) is 11.9 Å². The number of halogens is 1. The van der Waals surface area contributed by atoms with Gasteiger partial charge in [0, 0.05) is 23.1 Å². The monoisotopic (exact) mass is 341 g/mol. The van der Waals surface area contributed by atoms with Crippen molar-refractivity contribution in [3.05, 3.63) is 76.1 Å². The highest BCUT2D eigenvalue weighted by Crippen LogP contribution is 2.24. The molecule has 3 N–H and O–H groups in total. The van der Waals surface area contributed by atoms with E-state index in [0.717, 1.165) is 11.9 Å². The molecule has 1 aromatic carbocycles. The van der Waals surface area contributed by atoms with Crippen LogP contribution in [0.2, 0.25) is 5.02 Å². The van der Waals surface area contributed by atoms with E-state index in [1.165, 1.54) is 6.20 Å². The second-order valence-corrected chi connectivity index (χ2v) is 5.22. The Morgan fingerprint density at radius 3 is 2.62 bits per heavy atom. The number of anilines is 3. The Hall–Kier alpha value is -3.19. The largest absolute Gasteiger partial charge is 0.338 e. The lowest BCUT2D eigenvalue weighted by atomic mass is 10.3. The SMILES string of the molecule is O=C(Nc1cccnc1Nc1ccc(Cl)cc1)c1c[nH]c(=O)cn1. The molecule has 0 radical (unpaired) electrons. The number of benzene rings is 1. The molecule has 0 atom stereocenters. The molecule has 0 saturated carbocycles. The number of carbonyl (C=O) groups excluding carboxylic acids is 1. The standard InChI is InChI=1S/C16H12ClN5O2/c17-10-3-5-11(6-4-10)21-15-12(2-1-7-18-15)22-16(24)13-8-20-14(23)9-19-13/h1-9H,(H,18,21)(H,20,23)(H,22,24). The highest BCUT2D eigenvalue weighted by molar-refractivity contribution is 6.30. The van der Waals surface area contributed by atoms with Crippen LogP contribution < -0.4 is 16.2 Å². The highest BCUT2D eigenvalue weighted by atomic mass is 35.5. The number of carbonyl (C=O) groups is 1. The van der Waals surface area contributed by atoms with E-state index in [1.807, 2.05) is 0 Å². The van der Waals surface area contributed by atoms with Gasteiger partial charge in [0.15, 0.2) is 5.82 Å². The Morgan fingerprint density at radius 1 is 1.12 bits per heavy atom. The zero-order valence-electron chi connectivity index (χ0n) is 12.3. The van der Waals surface area contributed by atoms with Crippen LogP contribution in [0.15, 0.2) is 59.8 Å². The molecule has 8 heteroatoms. The molecule has 24 heavy (non-hydrogen) atoms. The Bertz CT molecular complexity index is 904. The third kappa shape index (κ3) is 3.76. The molecule has 7 nitrogen and oxygen atoms in total. The van der Waals surface area contributed by atoms with Crippen LogP contribution in [0.25, 0.3) is 0 Å². The number of hydrogen-bond donors (Lipinski definition) is 3. The van der Waals surface area contributed by atoms with Gasteiger partial charge in [-0.05, 0) is 36.4 Å². The molecule has 120 valence electrons. The fourth-order valence-electron chi connectivity index (χ4n) is 1.93. The molecule has 0 fully saturated rings. The topological polar surface area (TPSA) is 99.8 Å². The van der Waals surface area contributed by atoms with Crippen molar-refractivity contribution in [2.45, 2.75) is 0 Å². The Labute approximate surface area is 141 Å². The minimum atomic E-state index is -0.460. The lowest BCUT2D eigenvalue weighted by molar-refractivity contribution is 0.102. The van der Waals surface area contributed by atoms with Gasteiger partial charge in [0.1, 0.15) is 5.69 Å². The van der Waals surface area contributed by atoms with Crippen LogP contribution in [0, 0.1) is 0 Å². The van der Waals surface area contributed by atoms with Crippen LogP contribution in [-0.2, 0) is 0 Å². The maximum Gasteiger partial charge on any atom is 0.275 e. The lowest BCUT2D eigenvalue weighted by Crippen LogP contribution is -2.17. The number of rotatable bonds is 4. The first kappa shape index (κ1) is 15.7. The van der Waals surface area contributed by atoms with Gasteiger partial charge >= 0.3 is 0 Å². The van der Waals surface area contributed by atoms with Gasteiger partial charge in [-0.3, -0.25) is 9.59 Å². The Morgan fingerprint density at radius 2 is 1.92 bits per heavy atom. The number of hydrogen-bond acceptors (Lipinski definition) is 5. The summed E-state index contributed by atoms with van der Waals surface area (Å²) < 4.78 is 0. The molecule has 0 bridgehead atoms. The third-order valence-electron chi connectivity index (χ3n) is 3.07. The summed E-state index contributed by atoms with van der Waals surface area (Å²) >= 11 is 5.86. The summed E-state index contributed by atoms with van der Waals surface area (Å²) in [6.45, 7) is 0. The minimum Gasteiger partial charge on any atom is -0.338 e. The van der Waals surface area contributed by atoms with E-state index in [0.29, 0.717) is 16.5 Å². The van der Waals surface area contributed by atoms with Gasteiger partial charge in [-0.15, -0.1) is 0 Å². The average Bonchev–Trinajstić information content (AvgIpc) is 2.59. The predicted molar refractivity (Wildman–Crippen MR) is 91.8 cm³/mol. The van der Waals surface area contributed by atoms with Crippen molar-refractivity contribution in [3.63, 3.8) is 0 Å². The summed E-state index contributed by atoms with van der Waals surface area (Å²) in [5, 5.41) is 6.43. The summed E-state index contributed by atoms with van der Waals surface area (Å²) in [4.78, 5) is 33.6. The lowest BCUT2D eigenvalue weighted by Gasteiger charge is -2.11. The van der Waals surface area contributed by atoms with Crippen molar-refractivity contribution in [1.29, 1.82) is 0 Å². The van der Waals surface area contributed by atoms with Crippen LogP contribution in [0.1, 0.15) is 10.5 Å². The maximum atomic E-state index is 12.2. The third-order valence-corrected chi connectivity index (χ3v) is 3.32. The van der Waals surface area contributed by atoms with Crippen molar-refractivity contribution in [2.24, 2.45) is 0 Å². The normalized spacial score (nSPS) is 10.2. The van der Waals surface area contributed by atoms with Crippen LogP contribution >= 0.6 is 11.6 Å². The molecule has 0 saturated heterocycles. The molecule has 0 aliphatic rings. The van der Waals surface area contributed by atoms with Gasteiger partial charge in [0.25, 0.3) is 11.5 Å². The summed E-state index contributed by atoms with van der Waals surface area (Å²) in [7, 11) is 0. The van der Waals surface area contributed by atoms with Gasteiger partial charge in [0.2, 0.25) is 0 Å². The Kier molecular flexibility index (Phi) is 4.53. The molecule has 2 aromatic heterocycles. The van der Waals surface area contributed by atoms with Crippen LogP contribution in [0.5, 0.6) is 0 Å². The Balaban J connectivity index is 1.81. The van der Waals surface area contributed by atoms with E-state index in [-0.39, 0.29) is 11.3 Å². The predicted octanol–water partition coefficient (Wildman–Crippen LogP) is 2.81. The van der Waals surface area contributed by atoms with Crippen LogP contribution in [0.3, 0.4) is 0 Å². The smallest absolute Gasteiger partial charge is 0.275 e. The number of amides is 1. The molecule has 0 aliphatic heterocycles. The van der Waals surface area contributed by atoms with Crippen molar-refractivity contribution in [1.82, 2.24) is 15.0 Å². The molecule has 2 heterocycles. The number of H-pyrrole nitrogens is 1. The van der Waals surface area contributed by atoms with Gasteiger partial charge < -0.3 is 15.6 Å². The molecule has 1 amide bonds. The first-order chi connectivity index (χ1) is 11.6. The number of aromatic nitrogens is 3. The van der Waals surface area contributed by atoms with Crippen molar-refractivity contribution >= 4 is 34.7 Å². The van der Waals surface area contributed by atoms with Gasteiger partial charge in [-0.25, -0.2) is 9.97 Å². The number of nitrogens with zero attached hydrogens (tertiary/aromatic N) is 2. The molecular weight excluding hydrogens is 330 g/mol. The molecule has 3 rings (SSSR count). The van der Waals surface area contributed by atoms with E-state index in [9.17, 15) is 9.59 Å². The average molecular weight is 342 g/mol.